The highest BCUT2D eigenvalue weighted by molar-refractivity contribution is 8.00. The van der Waals surface area contributed by atoms with Gasteiger partial charge in [0.15, 0.2) is 16.6 Å². The monoisotopic (exact) mass is 710 g/mol. The molecule has 1 atom stereocenters. The van der Waals surface area contributed by atoms with E-state index in [1.807, 2.05) is 23.6 Å². The Morgan fingerprint density at radius 3 is 2.34 bits per heavy atom. The maximum atomic E-state index is 13.6. The molecular formula is C37H34N4O7S2. The number of thioether (sulfide) groups is 1. The van der Waals surface area contributed by atoms with Gasteiger partial charge < -0.3 is 35.3 Å². The quantitative estimate of drug-likeness (QED) is 0.0744. The first-order chi connectivity index (χ1) is 24.2. The third kappa shape index (κ3) is 9.01. The Morgan fingerprint density at radius 1 is 0.840 bits per heavy atom. The third-order valence-corrected chi connectivity index (χ3v) is 9.08. The van der Waals surface area contributed by atoms with Crippen molar-refractivity contribution in [1.29, 1.82) is 0 Å². The van der Waals surface area contributed by atoms with E-state index in [2.05, 4.69) is 20.9 Å². The Balaban J connectivity index is 1.27. The standard InChI is InChI=1S/C37H34N4O7S2/c1-22(34(43)41-37-40-30(21-49-37)24-14-16-31(46-2)33(18-24)48-4)50-28-12-8-11-26(19-28)38-36(45)29(39-35(44)23-9-6-5-7-10-23)17-25-13-15-27(42)20-32(25)47-3/h5-22,42H,1-4H3,(H,38,45)(H,39,44)(H,40,41,43)/b29-17+. The van der Waals surface area contributed by atoms with Gasteiger partial charge in [0.2, 0.25) is 5.91 Å². The van der Waals surface area contributed by atoms with E-state index in [1.165, 1.54) is 48.4 Å². The highest BCUT2D eigenvalue weighted by atomic mass is 32.2. The van der Waals surface area contributed by atoms with Crippen LogP contribution in [-0.4, -0.2) is 54.4 Å². The minimum absolute atomic E-state index is 0.0124. The van der Waals surface area contributed by atoms with E-state index in [-0.39, 0.29) is 17.4 Å². The zero-order valence-electron chi connectivity index (χ0n) is 27.6. The molecule has 1 unspecified atom stereocenters. The summed E-state index contributed by atoms with van der Waals surface area (Å²) in [5.41, 5.74) is 2.73. The number of nitrogens with one attached hydrogen (secondary N) is 3. The first-order valence-electron chi connectivity index (χ1n) is 15.2. The summed E-state index contributed by atoms with van der Waals surface area (Å²) in [4.78, 5) is 45.1. The van der Waals surface area contributed by atoms with Crippen LogP contribution in [0.25, 0.3) is 17.3 Å². The molecule has 11 nitrogen and oxygen atoms in total. The van der Waals surface area contributed by atoms with Crippen molar-refractivity contribution in [3.63, 3.8) is 0 Å². The predicted molar refractivity (Wildman–Crippen MR) is 196 cm³/mol. The molecule has 0 spiro atoms. The fourth-order valence-corrected chi connectivity index (χ4v) is 6.34. The van der Waals surface area contributed by atoms with Gasteiger partial charge in [0, 0.05) is 38.7 Å². The number of anilines is 2. The number of nitrogens with zero attached hydrogens (tertiary/aromatic N) is 1. The van der Waals surface area contributed by atoms with Crippen LogP contribution < -0.4 is 30.2 Å². The number of ether oxygens (including phenoxy) is 3. The molecule has 256 valence electrons. The number of phenolic OH excluding ortho intramolecular Hbond substituents is 1. The van der Waals surface area contributed by atoms with Crippen molar-refractivity contribution in [2.24, 2.45) is 0 Å². The molecular weight excluding hydrogens is 677 g/mol. The van der Waals surface area contributed by atoms with Crippen molar-refractivity contribution in [2.45, 2.75) is 17.1 Å². The van der Waals surface area contributed by atoms with Gasteiger partial charge in [-0.15, -0.1) is 23.1 Å². The lowest BCUT2D eigenvalue weighted by atomic mass is 10.1. The summed E-state index contributed by atoms with van der Waals surface area (Å²) in [6.07, 6.45) is 1.47. The second-order valence-electron chi connectivity index (χ2n) is 10.6. The van der Waals surface area contributed by atoms with E-state index in [4.69, 9.17) is 14.2 Å². The number of benzene rings is 4. The molecule has 4 N–H and O–H groups in total. The van der Waals surface area contributed by atoms with Crippen LogP contribution in [0.15, 0.2) is 107 Å². The van der Waals surface area contributed by atoms with Crippen molar-refractivity contribution >= 4 is 57.7 Å². The fourth-order valence-electron chi connectivity index (χ4n) is 4.69. The van der Waals surface area contributed by atoms with Crippen molar-refractivity contribution in [2.75, 3.05) is 32.0 Å². The number of thiazole rings is 1. The molecule has 0 aliphatic rings. The average molecular weight is 711 g/mol. The molecule has 1 heterocycles. The first-order valence-corrected chi connectivity index (χ1v) is 16.9. The van der Waals surface area contributed by atoms with Gasteiger partial charge >= 0.3 is 0 Å². The SMILES string of the molecule is COc1cc(O)ccc1/C=C(/NC(=O)c1ccccc1)C(=O)Nc1cccc(SC(C)C(=O)Nc2nc(-c3ccc(OC)c(OC)c3)cs2)c1. The zero-order valence-corrected chi connectivity index (χ0v) is 29.2. The summed E-state index contributed by atoms with van der Waals surface area (Å²) in [6, 6.07) is 25.4. The number of amides is 3. The number of hydrogen-bond acceptors (Lipinski definition) is 10. The van der Waals surface area contributed by atoms with Gasteiger partial charge in [-0.1, -0.05) is 24.3 Å². The Morgan fingerprint density at radius 2 is 1.60 bits per heavy atom. The Hall–Kier alpha value is -5.79. The summed E-state index contributed by atoms with van der Waals surface area (Å²) in [6.45, 7) is 1.78. The number of carbonyl (C=O) groups excluding carboxylic acids is 3. The molecule has 50 heavy (non-hydrogen) atoms. The van der Waals surface area contributed by atoms with Crippen LogP contribution in [0.5, 0.6) is 23.0 Å². The van der Waals surface area contributed by atoms with Crippen molar-refractivity contribution in [3.8, 4) is 34.3 Å². The molecule has 1 aromatic heterocycles. The number of carbonyl (C=O) groups is 3. The molecule has 5 aromatic rings. The zero-order chi connectivity index (χ0) is 35.6. The van der Waals surface area contributed by atoms with Gasteiger partial charge in [0.1, 0.15) is 17.2 Å². The normalized spacial score (nSPS) is 11.6. The van der Waals surface area contributed by atoms with Crippen molar-refractivity contribution < 1.29 is 33.7 Å². The van der Waals surface area contributed by atoms with Crippen LogP contribution >= 0.6 is 23.1 Å². The second-order valence-corrected chi connectivity index (χ2v) is 12.9. The molecule has 0 fully saturated rings. The number of hydrogen-bond donors (Lipinski definition) is 4. The first kappa shape index (κ1) is 35.5. The summed E-state index contributed by atoms with van der Waals surface area (Å²) < 4.78 is 16.1. The summed E-state index contributed by atoms with van der Waals surface area (Å²) in [7, 11) is 4.57. The molecule has 5 rings (SSSR count). The minimum atomic E-state index is -0.591. The summed E-state index contributed by atoms with van der Waals surface area (Å²) in [5.74, 6) is 0.168. The molecule has 0 saturated heterocycles. The maximum Gasteiger partial charge on any atom is 0.272 e. The predicted octanol–water partition coefficient (Wildman–Crippen LogP) is 7.07. The Labute approximate surface area is 297 Å². The number of rotatable bonds is 13. The molecule has 0 bridgehead atoms. The highest BCUT2D eigenvalue weighted by Crippen LogP contribution is 2.34. The van der Waals surface area contributed by atoms with Gasteiger partial charge in [0.25, 0.3) is 11.8 Å². The Kier molecular flexibility index (Phi) is 11.8. The number of methoxy groups -OCH3 is 3. The van der Waals surface area contributed by atoms with Crippen LogP contribution in [0.2, 0.25) is 0 Å². The molecule has 0 aliphatic heterocycles. The summed E-state index contributed by atoms with van der Waals surface area (Å²) >= 11 is 2.62. The second kappa shape index (κ2) is 16.5. The largest absolute Gasteiger partial charge is 0.508 e. The molecule has 4 aromatic carbocycles. The minimum Gasteiger partial charge on any atom is -0.508 e. The van der Waals surface area contributed by atoms with Crippen LogP contribution in [0.4, 0.5) is 10.8 Å². The van der Waals surface area contributed by atoms with E-state index in [1.54, 1.807) is 81.8 Å². The van der Waals surface area contributed by atoms with E-state index in [0.29, 0.717) is 44.9 Å². The summed E-state index contributed by atoms with van der Waals surface area (Å²) in [5, 5.41) is 20.1. The van der Waals surface area contributed by atoms with Crippen LogP contribution in [0.3, 0.4) is 0 Å². The van der Waals surface area contributed by atoms with Gasteiger partial charge in [-0.25, -0.2) is 4.98 Å². The lowest BCUT2D eigenvalue weighted by molar-refractivity contribution is -0.115. The lowest BCUT2D eigenvalue weighted by Gasteiger charge is -2.14. The third-order valence-electron chi connectivity index (χ3n) is 7.23. The molecule has 0 radical (unpaired) electrons. The van der Waals surface area contributed by atoms with Gasteiger partial charge in [-0.2, -0.15) is 0 Å². The average Bonchev–Trinajstić information content (AvgIpc) is 3.60. The van der Waals surface area contributed by atoms with Crippen LogP contribution in [0.1, 0.15) is 22.8 Å². The molecule has 3 amide bonds. The van der Waals surface area contributed by atoms with Gasteiger partial charge in [0.05, 0.1) is 32.3 Å². The molecule has 13 heteroatoms. The van der Waals surface area contributed by atoms with Gasteiger partial charge in [-0.3, -0.25) is 14.4 Å². The van der Waals surface area contributed by atoms with E-state index in [9.17, 15) is 19.5 Å². The van der Waals surface area contributed by atoms with Gasteiger partial charge in [-0.05, 0) is 73.7 Å². The number of aromatic hydroxyl groups is 1. The van der Waals surface area contributed by atoms with E-state index in [0.717, 1.165) is 10.5 Å². The maximum absolute atomic E-state index is 13.6. The van der Waals surface area contributed by atoms with E-state index < -0.39 is 17.1 Å². The van der Waals surface area contributed by atoms with Crippen LogP contribution in [-0.2, 0) is 9.59 Å². The van der Waals surface area contributed by atoms with E-state index >= 15 is 0 Å². The Bertz CT molecular complexity index is 2030. The van der Waals surface area contributed by atoms with Crippen molar-refractivity contribution in [3.05, 3.63) is 113 Å². The highest BCUT2D eigenvalue weighted by Gasteiger charge is 2.19. The molecule has 0 aliphatic carbocycles. The van der Waals surface area contributed by atoms with Crippen LogP contribution in [0, 0.1) is 0 Å². The number of aromatic nitrogens is 1. The van der Waals surface area contributed by atoms with Crippen molar-refractivity contribution in [1.82, 2.24) is 10.3 Å². The lowest BCUT2D eigenvalue weighted by Crippen LogP contribution is -2.30. The topological polar surface area (TPSA) is 148 Å². The fraction of sp³-hybridized carbons (Fsp3) is 0.135. The smallest absolute Gasteiger partial charge is 0.272 e. The number of phenols is 1. The molecule has 0 saturated carbocycles.